The summed E-state index contributed by atoms with van der Waals surface area (Å²) in [6, 6.07) is 0. The second-order valence-corrected chi connectivity index (χ2v) is 13.0. The number of allylic oxidation sites excluding steroid dienone is 3. The monoisotopic (exact) mass is 558 g/mol. The summed E-state index contributed by atoms with van der Waals surface area (Å²) in [7, 11) is 0. The highest BCUT2D eigenvalue weighted by Crippen LogP contribution is 2.65. The molecule has 5 rings (SSSR count). The van der Waals surface area contributed by atoms with Gasteiger partial charge in [-0.05, 0) is 64.9 Å². The number of esters is 1. The number of hydrogen-bond acceptors (Lipinski definition) is 9. The predicted molar refractivity (Wildman–Crippen MR) is 144 cm³/mol. The Kier molecular flexibility index (Phi) is 6.72. The molecule has 2 bridgehead atoms. The van der Waals surface area contributed by atoms with E-state index in [1.807, 2.05) is 0 Å². The SMILES string of the molecule is C=C1C(=O)OC2C[C@@]1(C)C1C(=O)C(O)C3C(CC[C@@](O)(CC)[C@@]1(O)[C@@]2(C)OCC)[C@@]1(C)C(=O)C=CCC1=C[C@H]3O. The van der Waals surface area contributed by atoms with Gasteiger partial charge in [-0.3, -0.25) is 9.59 Å². The van der Waals surface area contributed by atoms with Gasteiger partial charge in [-0.25, -0.2) is 4.79 Å². The van der Waals surface area contributed by atoms with Gasteiger partial charge in [-0.1, -0.05) is 38.2 Å². The fraction of sp³-hybridized carbons (Fsp3) is 0.710. The van der Waals surface area contributed by atoms with Crippen LogP contribution in [0.25, 0.3) is 0 Å². The Hall–Kier alpha value is -2.17. The van der Waals surface area contributed by atoms with Crippen LogP contribution in [0.4, 0.5) is 0 Å². The summed E-state index contributed by atoms with van der Waals surface area (Å²) >= 11 is 0. The molecule has 0 aromatic carbocycles. The molecule has 3 fully saturated rings. The maximum atomic E-state index is 14.7. The number of carbonyl (C=O) groups is 3. The average Bonchev–Trinajstić information content (AvgIpc) is 2.92. The van der Waals surface area contributed by atoms with Crippen molar-refractivity contribution in [3.63, 3.8) is 0 Å². The Bertz CT molecular complexity index is 1220. The van der Waals surface area contributed by atoms with Crippen LogP contribution >= 0.6 is 0 Å². The third-order valence-corrected chi connectivity index (χ3v) is 11.5. The van der Waals surface area contributed by atoms with Gasteiger partial charge in [0.05, 0.1) is 23.0 Å². The third kappa shape index (κ3) is 3.35. The minimum absolute atomic E-state index is 0.00244. The standard InChI is InChI=1S/C31H42O9/c1-7-30(37)13-12-18-22(19(32)14-17-10-9-11-20(33)28(17,18)5)23(34)24(35)25-27(4)15-21(40-26(36)16(27)3)29(6,39-8-2)31(25,30)38/h9,11,14,18-19,21-23,25,32,34,37-38H,3,7-8,10,12-13,15H2,1-2,4-6H3/t18?,19-,21?,22?,23?,25?,27-,28+,29+,30+,31+/m1/s1. The van der Waals surface area contributed by atoms with Gasteiger partial charge in [0, 0.05) is 23.5 Å². The Morgan fingerprint density at radius 3 is 2.42 bits per heavy atom. The molecular weight excluding hydrogens is 516 g/mol. The van der Waals surface area contributed by atoms with Crippen LogP contribution in [0.3, 0.4) is 0 Å². The predicted octanol–water partition coefficient (Wildman–Crippen LogP) is 1.95. The Morgan fingerprint density at radius 1 is 1.12 bits per heavy atom. The van der Waals surface area contributed by atoms with Gasteiger partial charge in [0.15, 0.2) is 11.6 Å². The summed E-state index contributed by atoms with van der Waals surface area (Å²) < 4.78 is 11.9. The molecule has 0 amide bonds. The molecule has 9 nitrogen and oxygen atoms in total. The molecule has 0 aromatic rings. The maximum absolute atomic E-state index is 14.7. The van der Waals surface area contributed by atoms with Crippen molar-refractivity contribution < 1.29 is 44.3 Å². The first-order chi connectivity index (χ1) is 18.6. The smallest absolute Gasteiger partial charge is 0.334 e. The van der Waals surface area contributed by atoms with Gasteiger partial charge in [0.25, 0.3) is 0 Å². The number of aliphatic hydroxyl groups excluding tert-OH is 2. The van der Waals surface area contributed by atoms with Crippen LogP contribution in [-0.2, 0) is 23.9 Å². The van der Waals surface area contributed by atoms with Crippen molar-refractivity contribution in [1.82, 2.24) is 0 Å². The lowest BCUT2D eigenvalue weighted by Gasteiger charge is -2.66. The molecule has 11 atom stereocenters. The largest absolute Gasteiger partial charge is 0.456 e. The van der Waals surface area contributed by atoms with Crippen LogP contribution in [-0.4, -0.2) is 79.7 Å². The molecule has 0 radical (unpaired) electrons. The second-order valence-electron chi connectivity index (χ2n) is 13.0. The number of ether oxygens (including phenoxy) is 2. The Labute approximate surface area is 234 Å². The van der Waals surface area contributed by atoms with Crippen LogP contribution in [0, 0.1) is 28.6 Å². The maximum Gasteiger partial charge on any atom is 0.334 e. The van der Waals surface area contributed by atoms with Crippen molar-refractivity contribution >= 4 is 17.5 Å². The van der Waals surface area contributed by atoms with Crippen molar-refractivity contribution in [3.05, 3.63) is 36.0 Å². The summed E-state index contributed by atoms with van der Waals surface area (Å²) in [4.78, 5) is 41.2. The van der Waals surface area contributed by atoms with Crippen molar-refractivity contribution in [3.8, 4) is 0 Å². The summed E-state index contributed by atoms with van der Waals surface area (Å²) in [6.07, 6.45) is 1.33. The molecule has 5 aliphatic rings. The topological polar surface area (TPSA) is 151 Å². The Balaban J connectivity index is 1.79. The zero-order valence-electron chi connectivity index (χ0n) is 24.0. The number of carbonyl (C=O) groups excluding carboxylic acids is 3. The van der Waals surface area contributed by atoms with E-state index in [-0.39, 0.29) is 43.6 Å². The molecule has 5 unspecified atom stereocenters. The number of hydrogen-bond donors (Lipinski definition) is 4. The highest BCUT2D eigenvalue weighted by molar-refractivity contribution is 5.99. The number of rotatable bonds is 3. The molecule has 2 saturated carbocycles. The lowest BCUT2D eigenvalue weighted by Crippen LogP contribution is -2.82. The second kappa shape index (κ2) is 9.16. The van der Waals surface area contributed by atoms with E-state index in [9.17, 15) is 34.8 Å². The molecule has 40 heavy (non-hydrogen) atoms. The molecule has 1 aliphatic heterocycles. The van der Waals surface area contributed by atoms with E-state index < -0.39 is 75.5 Å². The zero-order valence-corrected chi connectivity index (χ0v) is 24.0. The molecule has 1 heterocycles. The highest BCUT2D eigenvalue weighted by Gasteiger charge is 2.78. The average molecular weight is 559 g/mol. The molecule has 4 N–H and O–H groups in total. The van der Waals surface area contributed by atoms with Crippen molar-refractivity contribution in [2.75, 3.05) is 6.61 Å². The van der Waals surface area contributed by atoms with Crippen LogP contribution in [0.1, 0.15) is 66.7 Å². The highest BCUT2D eigenvalue weighted by atomic mass is 16.6. The molecule has 9 heteroatoms. The minimum atomic E-state index is -2.34. The van der Waals surface area contributed by atoms with Crippen molar-refractivity contribution in [1.29, 1.82) is 0 Å². The number of aliphatic hydroxyl groups is 4. The van der Waals surface area contributed by atoms with Gasteiger partial charge >= 0.3 is 5.97 Å². The summed E-state index contributed by atoms with van der Waals surface area (Å²) in [5.74, 6) is -5.08. The van der Waals surface area contributed by atoms with Gasteiger partial charge in [-0.2, -0.15) is 0 Å². The lowest BCUT2D eigenvalue weighted by molar-refractivity contribution is -0.338. The van der Waals surface area contributed by atoms with Gasteiger partial charge in [0.1, 0.15) is 23.4 Å². The first-order valence-corrected chi connectivity index (χ1v) is 14.4. The normalized spacial score (nSPS) is 50.5. The van der Waals surface area contributed by atoms with E-state index in [1.165, 1.54) is 6.08 Å². The van der Waals surface area contributed by atoms with E-state index in [4.69, 9.17) is 9.47 Å². The number of Topliss-reactive ketones (excluding diaryl/α,β-unsaturated/α-hetero) is 1. The van der Waals surface area contributed by atoms with Crippen LogP contribution in [0.15, 0.2) is 36.0 Å². The number of ketones is 2. The first-order valence-electron chi connectivity index (χ1n) is 14.4. The van der Waals surface area contributed by atoms with Crippen LogP contribution in [0.5, 0.6) is 0 Å². The van der Waals surface area contributed by atoms with E-state index >= 15 is 0 Å². The summed E-state index contributed by atoms with van der Waals surface area (Å²) in [5, 5.41) is 48.8. The first kappa shape index (κ1) is 29.3. The lowest BCUT2D eigenvalue weighted by atomic mass is 9.45. The van der Waals surface area contributed by atoms with E-state index in [0.717, 1.165) is 0 Å². The van der Waals surface area contributed by atoms with Gasteiger partial charge in [-0.15, -0.1) is 0 Å². The number of fused-ring (bicyclic) bond motifs is 7. The quantitative estimate of drug-likeness (QED) is 0.231. The third-order valence-electron chi connectivity index (χ3n) is 11.5. The van der Waals surface area contributed by atoms with Gasteiger partial charge in [0.2, 0.25) is 0 Å². The Morgan fingerprint density at radius 2 is 1.80 bits per heavy atom. The fourth-order valence-corrected chi connectivity index (χ4v) is 9.05. The van der Waals surface area contributed by atoms with Crippen LogP contribution < -0.4 is 0 Å². The van der Waals surface area contributed by atoms with E-state index in [1.54, 1.807) is 46.8 Å². The van der Waals surface area contributed by atoms with E-state index in [0.29, 0.717) is 12.0 Å². The zero-order chi connectivity index (χ0) is 29.6. The molecule has 4 aliphatic carbocycles. The molecule has 220 valence electrons. The minimum Gasteiger partial charge on any atom is -0.456 e. The molecule has 0 aromatic heterocycles. The summed E-state index contributed by atoms with van der Waals surface area (Å²) in [5.41, 5.74) is -7.86. The van der Waals surface area contributed by atoms with Crippen molar-refractivity contribution in [2.24, 2.45) is 28.6 Å². The van der Waals surface area contributed by atoms with Crippen molar-refractivity contribution in [2.45, 2.75) is 102 Å². The fourth-order valence-electron chi connectivity index (χ4n) is 9.05. The van der Waals surface area contributed by atoms with Crippen LogP contribution in [0.2, 0.25) is 0 Å². The van der Waals surface area contributed by atoms with E-state index in [2.05, 4.69) is 6.58 Å². The van der Waals surface area contributed by atoms with Gasteiger partial charge < -0.3 is 29.9 Å². The summed E-state index contributed by atoms with van der Waals surface area (Å²) in [6.45, 7) is 12.4. The molecule has 1 saturated heterocycles. The molecule has 0 spiro atoms. The molecular formula is C31H42O9.